The molecule has 0 amide bonds. The molecule has 2 N–H and O–H groups in total. The van der Waals surface area contributed by atoms with Crippen LogP contribution >= 0.6 is 0 Å². The van der Waals surface area contributed by atoms with Crippen molar-refractivity contribution in [2.45, 2.75) is 6.92 Å². The number of aromatic amines is 2. The van der Waals surface area contributed by atoms with Crippen LogP contribution in [0.5, 0.6) is 0 Å². The lowest BCUT2D eigenvalue weighted by atomic mass is 10.2. The molecule has 0 atom stereocenters. The quantitative estimate of drug-likeness (QED) is 0.504. The van der Waals surface area contributed by atoms with Gasteiger partial charge in [0.15, 0.2) is 5.82 Å². The average Bonchev–Trinajstić information content (AvgIpc) is 3.07. The van der Waals surface area contributed by atoms with Gasteiger partial charge in [-0.1, -0.05) is 6.07 Å². The molecular weight excluding hydrogens is 260 g/mol. The number of hydrogen-bond acceptors (Lipinski definition) is 6. The topological polar surface area (TPSA) is 118 Å². The minimum atomic E-state index is -0.451. The van der Waals surface area contributed by atoms with Crippen LogP contribution in [0.3, 0.4) is 0 Å². The molecule has 0 aliphatic heterocycles. The van der Waals surface area contributed by atoms with E-state index in [1.807, 2.05) is 25.1 Å². The Morgan fingerprint density at radius 1 is 1.25 bits per heavy atom. The molecule has 1 aromatic carbocycles. The molecule has 0 saturated heterocycles. The second-order valence-corrected chi connectivity index (χ2v) is 4.40. The van der Waals surface area contributed by atoms with Crippen LogP contribution < -0.4 is 5.69 Å². The summed E-state index contributed by atoms with van der Waals surface area (Å²) in [5.74, 6) is 0.732. The molecule has 9 nitrogen and oxygen atoms in total. The van der Waals surface area contributed by atoms with Crippen LogP contribution in [0.4, 0.5) is 0 Å². The van der Waals surface area contributed by atoms with Crippen molar-refractivity contribution in [3.05, 3.63) is 34.2 Å². The van der Waals surface area contributed by atoms with Crippen molar-refractivity contribution in [1.82, 2.24) is 40.2 Å². The molecule has 0 bridgehead atoms. The third-order valence-electron chi connectivity index (χ3n) is 3.02. The van der Waals surface area contributed by atoms with E-state index in [4.69, 9.17) is 0 Å². The van der Waals surface area contributed by atoms with Crippen molar-refractivity contribution < 1.29 is 0 Å². The Balaban J connectivity index is 2.13. The van der Waals surface area contributed by atoms with Gasteiger partial charge in [0.25, 0.3) is 0 Å². The highest BCUT2D eigenvalue weighted by atomic mass is 16.1. The third kappa shape index (κ3) is 1.43. The van der Waals surface area contributed by atoms with E-state index in [-0.39, 0.29) is 0 Å². The number of H-pyrrole nitrogens is 2. The molecule has 4 rings (SSSR count). The maximum Gasteiger partial charge on any atom is 0.370 e. The number of nitrogens with one attached hydrogen (secondary N) is 2. The molecule has 0 aliphatic carbocycles. The fraction of sp³-hybridized carbons (Fsp3) is 0.0909. The molecule has 3 heterocycles. The number of benzene rings is 1. The van der Waals surface area contributed by atoms with Crippen molar-refractivity contribution in [3.63, 3.8) is 0 Å². The van der Waals surface area contributed by atoms with Crippen molar-refractivity contribution in [3.8, 4) is 11.6 Å². The van der Waals surface area contributed by atoms with Gasteiger partial charge >= 0.3 is 5.69 Å². The highest BCUT2D eigenvalue weighted by Crippen LogP contribution is 2.18. The van der Waals surface area contributed by atoms with Crippen molar-refractivity contribution in [2.75, 3.05) is 0 Å². The number of rotatable bonds is 1. The Morgan fingerprint density at radius 2 is 2.15 bits per heavy atom. The normalized spacial score (nSPS) is 11.4. The molecule has 0 aliphatic rings. The third-order valence-corrected chi connectivity index (χ3v) is 3.02. The molecule has 4 aromatic rings. The molecule has 3 aromatic heterocycles. The molecule has 0 unspecified atom stereocenters. The second-order valence-electron chi connectivity index (χ2n) is 4.40. The van der Waals surface area contributed by atoms with Gasteiger partial charge in [0.1, 0.15) is 5.65 Å². The lowest BCUT2D eigenvalue weighted by Crippen LogP contribution is -2.17. The Kier molecular flexibility index (Phi) is 1.99. The van der Waals surface area contributed by atoms with E-state index in [2.05, 4.69) is 35.7 Å². The van der Waals surface area contributed by atoms with Crippen molar-refractivity contribution in [2.24, 2.45) is 0 Å². The van der Waals surface area contributed by atoms with E-state index in [0.717, 1.165) is 10.9 Å². The first-order valence-corrected chi connectivity index (χ1v) is 5.86. The van der Waals surface area contributed by atoms with Crippen LogP contribution in [0, 0.1) is 6.92 Å². The molecule has 0 fully saturated rings. The monoisotopic (exact) mass is 268 g/mol. The number of nitrogens with zero attached hydrogens (tertiary/aromatic N) is 6. The standard InChI is InChI=1S/C11H8N8O/c1-5-2-3-6-7(4-5)12-11(20)19-10(6)13-8(16-19)9-14-17-18-15-9/h2-4H,1H3,(H,13,16)(H,14,15,17,18). The van der Waals surface area contributed by atoms with Gasteiger partial charge in [-0.05, 0) is 35.0 Å². The first-order valence-electron chi connectivity index (χ1n) is 5.86. The lowest BCUT2D eigenvalue weighted by molar-refractivity contribution is 0.880. The smallest absolute Gasteiger partial charge is 0.319 e. The fourth-order valence-corrected chi connectivity index (χ4v) is 2.11. The van der Waals surface area contributed by atoms with Gasteiger partial charge in [0, 0.05) is 5.39 Å². The minimum Gasteiger partial charge on any atom is -0.319 e. The van der Waals surface area contributed by atoms with Gasteiger partial charge in [-0.3, -0.25) is 0 Å². The zero-order valence-corrected chi connectivity index (χ0v) is 10.3. The fourth-order valence-electron chi connectivity index (χ4n) is 2.11. The first kappa shape index (κ1) is 10.8. The molecular formula is C11H8N8O. The highest BCUT2D eigenvalue weighted by molar-refractivity contribution is 5.91. The summed E-state index contributed by atoms with van der Waals surface area (Å²) in [7, 11) is 0. The van der Waals surface area contributed by atoms with Crippen LogP contribution in [0.1, 0.15) is 5.56 Å². The van der Waals surface area contributed by atoms with Gasteiger partial charge in [0.05, 0.1) is 5.52 Å². The van der Waals surface area contributed by atoms with Gasteiger partial charge in [-0.15, -0.1) is 10.2 Å². The summed E-state index contributed by atoms with van der Waals surface area (Å²) < 4.78 is 1.20. The van der Waals surface area contributed by atoms with Crippen LogP contribution in [0.25, 0.3) is 28.2 Å². The van der Waals surface area contributed by atoms with E-state index in [9.17, 15) is 4.79 Å². The summed E-state index contributed by atoms with van der Waals surface area (Å²) in [4.78, 5) is 19.1. The Hall–Kier alpha value is -3.10. The zero-order valence-electron chi connectivity index (χ0n) is 10.3. The van der Waals surface area contributed by atoms with Crippen LogP contribution in [0.2, 0.25) is 0 Å². The number of aromatic nitrogens is 8. The van der Waals surface area contributed by atoms with E-state index in [1.165, 1.54) is 4.52 Å². The summed E-state index contributed by atoms with van der Waals surface area (Å²) in [6, 6.07) is 5.70. The van der Waals surface area contributed by atoms with Crippen LogP contribution in [-0.2, 0) is 0 Å². The summed E-state index contributed by atoms with van der Waals surface area (Å²) >= 11 is 0. The van der Waals surface area contributed by atoms with Crippen molar-refractivity contribution >= 4 is 16.6 Å². The predicted molar refractivity (Wildman–Crippen MR) is 69.0 cm³/mol. The van der Waals surface area contributed by atoms with Gasteiger partial charge in [-0.2, -0.15) is 9.50 Å². The maximum atomic E-state index is 12.0. The zero-order chi connectivity index (χ0) is 13.7. The summed E-state index contributed by atoms with van der Waals surface area (Å²) in [6.07, 6.45) is 0. The van der Waals surface area contributed by atoms with Gasteiger partial charge < -0.3 is 4.98 Å². The number of aryl methyl sites for hydroxylation is 1. The largest absolute Gasteiger partial charge is 0.370 e. The number of fused-ring (bicyclic) bond motifs is 3. The molecule has 0 radical (unpaired) electrons. The molecule has 98 valence electrons. The summed E-state index contributed by atoms with van der Waals surface area (Å²) in [5, 5.41) is 18.3. The first-order chi connectivity index (χ1) is 9.72. The van der Waals surface area contributed by atoms with E-state index < -0.39 is 5.69 Å². The van der Waals surface area contributed by atoms with Crippen LogP contribution in [0.15, 0.2) is 23.0 Å². The second kappa shape index (κ2) is 3.70. The lowest BCUT2D eigenvalue weighted by Gasteiger charge is -1.99. The predicted octanol–water partition coefficient (Wildman–Crippen LogP) is 0.0593. The van der Waals surface area contributed by atoms with E-state index in [0.29, 0.717) is 22.8 Å². The molecule has 0 saturated carbocycles. The summed E-state index contributed by atoms with van der Waals surface area (Å²) in [6.45, 7) is 1.95. The van der Waals surface area contributed by atoms with Gasteiger partial charge in [-0.25, -0.2) is 9.89 Å². The van der Waals surface area contributed by atoms with Crippen LogP contribution in [-0.4, -0.2) is 40.2 Å². The van der Waals surface area contributed by atoms with Crippen molar-refractivity contribution in [1.29, 1.82) is 0 Å². The average molecular weight is 268 g/mol. The summed E-state index contributed by atoms with van der Waals surface area (Å²) in [5.41, 5.74) is 1.77. The van der Waals surface area contributed by atoms with E-state index >= 15 is 0 Å². The highest BCUT2D eigenvalue weighted by Gasteiger charge is 2.13. The Morgan fingerprint density at radius 3 is 2.95 bits per heavy atom. The number of hydrogen-bond donors (Lipinski definition) is 2. The molecule has 20 heavy (non-hydrogen) atoms. The van der Waals surface area contributed by atoms with E-state index in [1.54, 1.807) is 0 Å². The molecule has 0 spiro atoms. The SMILES string of the molecule is Cc1ccc2c(c1)nc(=O)n1nc(-c3nnn[nH]3)[nH]c21. The minimum absolute atomic E-state index is 0.355. The Labute approximate surface area is 110 Å². The number of tetrazole rings is 1. The molecule has 9 heteroatoms. The Bertz CT molecular complexity index is 981. The van der Waals surface area contributed by atoms with Gasteiger partial charge in [0.2, 0.25) is 5.82 Å². The maximum absolute atomic E-state index is 12.0.